The van der Waals surface area contributed by atoms with Crippen LogP contribution >= 0.6 is 0 Å². The maximum atomic E-state index is 13.4. The molecular weight excluding hydrogens is 452 g/mol. The van der Waals surface area contributed by atoms with Crippen molar-refractivity contribution in [2.75, 3.05) is 13.1 Å². The number of halogens is 2. The summed E-state index contributed by atoms with van der Waals surface area (Å²) in [6.45, 7) is 1.76. The van der Waals surface area contributed by atoms with Crippen LogP contribution in [0.5, 0.6) is 5.75 Å². The second-order valence-electron chi connectivity index (χ2n) is 9.24. The van der Waals surface area contributed by atoms with Crippen molar-refractivity contribution in [1.29, 1.82) is 0 Å². The molecule has 0 fully saturated rings. The Morgan fingerprint density at radius 3 is 2.43 bits per heavy atom. The number of carbonyl (C=O) groups excluding carboxylic acids is 1. The number of fused-ring (bicyclic) bond motifs is 1. The van der Waals surface area contributed by atoms with E-state index in [1.165, 1.54) is 29.2 Å². The summed E-state index contributed by atoms with van der Waals surface area (Å²) in [7, 11) is 0. The first-order chi connectivity index (χ1) is 16.7. The van der Waals surface area contributed by atoms with Crippen molar-refractivity contribution < 1.29 is 28.2 Å². The molecule has 182 valence electrons. The zero-order chi connectivity index (χ0) is 25.0. The minimum Gasteiger partial charge on any atom is -0.487 e. The van der Waals surface area contributed by atoms with E-state index in [4.69, 9.17) is 4.74 Å². The maximum absolute atomic E-state index is 13.4. The first-order valence-corrected chi connectivity index (χ1v) is 11.5. The SMILES string of the molecule is C[C@]1(Cc2ccc(F)cc2)Cc2cc(CC(=O)N(CCc3cccc(F)c3)CC(=O)O)ccc2O1. The average Bonchev–Trinajstić information content (AvgIpc) is 3.13. The number of ether oxygens (including phenoxy) is 1. The lowest BCUT2D eigenvalue weighted by Crippen LogP contribution is -2.38. The third-order valence-electron chi connectivity index (χ3n) is 6.13. The summed E-state index contributed by atoms with van der Waals surface area (Å²) >= 11 is 0. The van der Waals surface area contributed by atoms with Crippen LogP contribution in [0.2, 0.25) is 0 Å². The molecule has 3 aromatic carbocycles. The van der Waals surface area contributed by atoms with E-state index >= 15 is 0 Å². The highest BCUT2D eigenvalue weighted by Crippen LogP contribution is 2.37. The Balaban J connectivity index is 1.41. The Labute approximate surface area is 203 Å². The van der Waals surface area contributed by atoms with Gasteiger partial charge in [0.25, 0.3) is 0 Å². The van der Waals surface area contributed by atoms with Gasteiger partial charge in [0.15, 0.2) is 0 Å². The molecule has 35 heavy (non-hydrogen) atoms. The van der Waals surface area contributed by atoms with E-state index in [0.29, 0.717) is 24.8 Å². The molecule has 0 spiro atoms. The minimum atomic E-state index is -1.10. The summed E-state index contributed by atoms with van der Waals surface area (Å²) < 4.78 is 32.9. The van der Waals surface area contributed by atoms with Crippen molar-refractivity contribution in [3.63, 3.8) is 0 Å². The maximum Gasteiger partial charge on any atom is 0.323 e. The Bertz CT molecular complexity index is 1230. The second kappa shape index (κ2) is 10.3. The molecule has 0 aliphatic carbocycles. The van der Waals surface area contributed by atoms with Gasteiger partial charge in [-0.3, -0.25) is 9.59 Å². The molecule has 7 heteroatoms. The van der Waals surface area contributed by atoms with Gasteiger partial charge in [0.1, 0.15) is 29.5 Å². The van der Waals surface area contributed by atoms with Crippen LogP contribution in [-0.4, -0.2) is 40.6 Å². The minimum absolute atomic E-state index is 0.0540. The van der Waals surface area contributed by atoms with Crippen molar-refractivity contribution in [3.05, 3.63) is 101 Å². The van der Waals surface area contributed by atoms with Gasteiger partial charge in [0.2, 0.25) is 5.91 Å². The smallest absolute Gasteiger partial charge is 0.323 e. The van der Waals surface area contributed by atoms with E-state index in [1.54, 1.807) is 24.3 Å². The lowest BCUT2D eigenvalue weighted by molar-refractivity contribution is -0.144. The molecule has 1 atom stereocenters. The van der Waals surface area contributed by atoms with Gasteiger partial charge in [-0.2, -0.15) is 0 Å². The van der Waals surface area contributed by atoms with Crippen LogP contribution in [0.4, 0.5) is 8.78 Å². The Morgan fingerprint density at radius 1 is 0.971 bits per heavy atom. The van der Waals surface area contributed by atoms with Gasteiger partial charge in [-0.25, -0.2) is 8.78 Å². The molecule has 0 unspecified atom stereocenters. The number of nitrogens with zero attached hydrogens (tertiary/aromatic N) is 1. The number of benzene rings is 3. The highest BCUT2D eigenvalue weighted by molar-refractivity contribution is 5.83. The quantitative estimate of drug-likeness (QED) is 0.487. The van der Waals surface area contributed by atoms with Gasteiger partial charge in [-0.05, 0) is 65.9 Å². The zero-order valence-electron chi connectivity index (χ0n) is 19.5. The van der Waals surface area contributed by atoms with Gasteiger partial charge in [-0.15, -0.1) is 0 Å². The lowest BCUT2D eigenvalue weighted by atomic mass is 9.91. The standard InChI is InChI=1S/C28H27F2NO4/c1-28(16-20-5-8-23(29)9-6-20)17-22-13-21(7-10-25(22)35-28)15-26(32)31(18-27(33)34)12-11-19-3-2-4-24(30)14-19/h2-10,13-14H,11-12,15-18H2,1H3,(H,33,34)/t28-/m0/s1. The van der Waals surface area contributed by atoms with Crippen molar-refractivity contribution >= 4 is 11.9 Å². The molecule has 1 amide bonds. The molecule has 5 nitrogen and oxygen atoms in total. The molecular formula is C28H27F2NO4. The average molecular weight is 480 g/mol. The normalized spacial score (nSPS) is 16.4. The number of amides is 1. The monoisotopic (exact) mass is 479 g/mol. The summed E-state index contributed by atoms with van der Waals surface area (Å²) in [5, 5.41) is 9.27. The van der Waals surface area contributed by atoms with E-state index in [9.17, 15) is 23.5 Å². The summed E-state index contributed by atoms with van der Waals surface area (Å²) in [4.78, 5) is 25.6. The number of hydrogen-bond acceptors (Lipinski definition) is 3. The zero-order valence-corrected chi connectivity index (χ0v) is 19.5. The molecule has 0 radical (unpaired) electrons. The van der Waals surface area contributed by atoms with Crippen LogP contribution in [0.3, 0.4) is 0 Å². The van der Waals surface area contributed by atoms with Crippen LogP contribution in [0.15, 0.2) is 66.7 Å². The van der Waals surface area contributed by atoms with Gasteiger partial charge < -0.3 is 14.7 Å². The van der Waals surface area contributed by atoms with E-state index in [1.807, 2.05) is 25.1 Å². The van der Waals surface area contributed by atoms with Crippen LogP contribution in [0.25, 0.3) is 0 Å². The molecule has 1 aliphatic heterocycles. The van der Waals surface area contributed by atoms with Crippen LogP contribution < -0.4 is 4.74 Å². The second-order valence-corrected chi connectivity index (χ2v) is 9.24. The number of carbonyl (C=O) groups is 2. The van der Waals surface area contributed by atoms with Crippen molar-refractivity contribution in [3.8, 4) is 5.75 Å². The molecule has 0 saturated carbocycles. The summed E-state index contributed by atoms with van der Waals surface area (Å²) in [6.07, 6.45) is 1.66. The van der Waals surface area contributed by atoms with Gasteiger partial charge in [-0.1, -0.05) is 36.4 Å². The molecule has 1 heterocycles. The largest absolute Gasteiger partial charge is 0.487 e. The number of aliphatic carboxylic acids is 1. The van der Waals surface area contributed by atoms with E-state index in [0.717, 1.165) is 22.4 Å². The predicted octanol–water partition coefficient (Wildman–Crippen LogP) is 4.60. The van der Waals surface area contributed by atoms with Crippen molar-refractivity contribution in [2.45, 2.75) is 38.2 Å². The Hall–Kier alpha value is -3.74. The van der Waals surface area contributed by atoms with Crippen molar-refractivity contribution in [2.24, 2.45) is 0 Å². The Morgan fingerprint density at radius 2 is 1.71 bits per heavy atom. The van der Waals surface area contributed by atoms with Gasteiger partial charge in [0, 0.05) is 19.4 Å². The van der Waals surface area contributed by atoms with Crippen LogP contribution in [-0.2, 0) is 35.3 Å². The van der Waals surface area contributed by atoms with Gasteiger partial charge >= 0.3 is 5.97 Å². The fourth-order valence-electron chi connectivity index (χ4n) is 4.52. The van der Waals surface area contributed by atoms with Crippen LogP contribution in [0, 0.1) is 11.6 Å². The number of carboxylic acids is 1. The lowest BCUT2D eigenvalue weighted by Gasteiger charge is -2.24. The number of rotatable bonds is 9. The fourth-order valence-corrected chi connectivity index (χ4v) is 4.52. The third-order valence-corrected chi connectivity index (χ3v) is 6.13. The number of carboxylic acid groups (broad SMARTS) is 1. The Kier molecular flexibility index (Phi) is 7.15. The number of hydrogen-bond donors (Lipinski definition) is 1. The van der Waals surface area contributed by atoms with E-state index in [2.05, 4.69) is 0 Å². The molecule has 0 bridgehead atoms. The summed E-state index contributed by atoms with van der Waals surface area (Å²) in [5.41, 5.74) is 2.93. The fraction of sp³-hybridized carbons (Fsp3) is 0.286. The molecule has 1 N–H and O–H groups in total. The topological polar surface area (TPSA) is 66.8 Å². The third kappa shape index (κ3) is 6.44. The van der Waals surface area contributed by atoms with E-state index < -0.39 is 18.1 Å². The highest BCUT2D eigenvalue weighted by atomic mass is 19.1. The summed E-state index contributed by atoms with van der Waals surface area (Å²) in [5.74, 6) is -1.31. The first kappa shape index (κ1) is 24.4. The molecule has 0 saturated heterocycles. The van der Waals surface area contributed by atoms with Crippen molar-refractivity contribution in [1.82, 2.24) is 4.90 Å². The first-order valence-electron chi connectivity index (χ1n) is 11.5. The summed E-state index contributed by atoms with van der Waals surface area (Å²) in [6, 6.07) is 18.0. The molecule has 1 aliphatic rings. The van der Waals surface area contributed by atoms with Crippen LogP contribution in [0.1, 0.15) is 29.2 Å². The van der Waals surface area contributed by atoms with Gasteiger partial charge in [0.05, 0.1) is 6.42 Å². The molecule has 3 aromatic rings. The molecule has 4 rings (SSSR count). The molecule has 0 aromatic heterocycles. The highest BCUT2D eigenvalue weighted by Gasteiger charge is 2.35. The predicted molar refractivity (Wildman–Crippen MR) is 127 cm³/mol. The van der Waals surface area contributed by atoms with E-state index in [-0.39, 0.29) is 30.5 Å².